The lowest BCUT2D eigenvalue weighted by molar-refractivity contribution is 0.180. The SMILES string of the molecule is OC(Cc1cccc(F)c1F)c1cc(Br)cs1. The molecule has 0 radical (unpaired) electrons. The largest absolute Gasteiger partial charge is 0.387 e. The molecule has 0 amide bonds. The first-order valence-corrected chi connectivity index (χ1v) is 6.60. The fourth-order valence-corrected chi connectivity index (χ4v) is 2.95. The Kier molecular flexibility index (Phi) is 3.91. The van der Waals surface area contributed by atoms with Crippen LogP contribution in [-0.4, -0.2) is 5.11 Å². The Hall–Kier alpha value is -0.780. The van der Waals surface area contributed by atoms with Crippen LogP contribution in [0.3, 0.4) is 0 Å². The first-order chi connectivity index (χ1) is 8.08. The average molecular weight is 319 g/mol. The number of rotatable bonds is 3. The predicted molar refractivity (Wildman–Crippen MR) is 67.0 cm³/mol. The Labute approximate surface area is 110 Å². The van der Waals surface area contributed by atoms with Gasteiger partial charge in [-0.25, -0.2) is 8.78 Å². The fraction of sp³-hybridized carbons (Fsp3) is 0.167. The molecule has 2 aromatic rings. The highest BCUT2D eigenvalue weighted by Gasteiger charge is 2.15. The van der Waals surface area contributed by atoms with Gasteiger partial charge in [-0.1, -0.05) is 12.1 Å². The van der Waals surface area contributed by atoms with Crippen LogP contribution in [-0.2, 0) is 6.42 Å². The van der Waals surface area contributed by atoms with Crippen molar-refractivity contribution in [3.8, 4) is 0 Å². The van der Waals surface area contributed by atoms with Gasteiger partial charge < -0.3 is 5.11 Å². The molecule has 1 aromatic carbocycles. The molecule has 0 spiro atoms. The molecule has 0 bridgehead atoms. The number of halogens is 3. The minimum absolute atomic E-state index is 0.0660. The number of benzene rings is 1. The maximum atomic E-state index is 13.4. The molecule has 1 unspecified atom stereocenters. The summed E-state index contributed by atoms with van der Waals surface area (Å²) in [6.45, 7) is 0. The van der Waals surface area contributed by atoms with Crippen LogP contribution in [0.4, 0.5) is 8.78 Å². The monoisotopic (exact) mass is 318 g/mol. The highest BCUT2D eigenvalue weighted by Crippen LogP contribution is 2.28. The van der Waals surface area contributed by atoms with Crippen molar-refractivity contribution in [2.75, 3.05) is 0 Å². The van der Waals surface area contributed by atoms with Crippen molar-refractivity contribution in [3.63, 3.8) is 0 Å². The molecule has 90 valence electrons. The molecule has 0 saturated carbocycles. The van der Waals surface area contributed by atoms with E-state index < -0.39 is 17.7 Å². The van der Waals surface area contributed by atoms with Crippen LogP contribution in [0.15, 0.2) is 34.1 Å². The molecule has 1 nitrogen and oxygen atoms in total. The first-order valence-electron chi connectivity index (χ1n) is 4.93. The standard InChI is InChI=1S/C12H9BrF2OS/c13-8-5-11(17-6-8)10(16)4-7-2-1-3-9(14)12(7)15/h1-3,5-6,10,16H,4H2. The van der Waals surface area contributed by atoms with Gasteiger partial charge in [-0.3, -0.25) is 0 Å². The van der Waals surface area contributed by atoms with Gasteiger partial charge in [-0.15, -0.1) is 11.3 Å². The van der Waals surface area contributed by atoms with Crippen LogP contribution in [0.25, 0.3) is 0 Å². The summed E-state index contributed by atoms with van der Waals surface area (Å²) in [7, 11) is 0. The summed E-state index contributed by atoms with van der Waals surface area (Å²) in [6.07, 6.45) is -0.751. The number of thiophene rings is 1. The summed E-state index contributed by atoms with van der Waals surface area (Å²) in [5.74, 6) is -1.77. The van der Waals surface area contributed by atoms with Gasteiger partial charge in [0, 0.05) is 21.2 Å². The summed E-state index contributed by atoms with van der Waals surface area (Å²) in [5.41, 5.74) is 0.182. The van der Waals surface area contributed by atoms with Crippen LogP contribution < -0.4 is 0 Å². The quantitative estimate of drug-likeness (QED) is 0.904. The molecule has 0 fully saturated rings. The topological polar surface area (TPSA) is 20.2 Å². The third-order valence-electron chi connectivity index (χ3n) is 2.36. The molecule has 0 aliphatic carbocycles. The Bertz CT molecular complexity index is 527. The maximum Gasteiger partial charge on any atom is 0.162 e. The van der Waals surface area contributed by atoms with E-state index in [4.69, 9.17) is 0 Å². The van der Waals surface area contributed by atoms with E-state index in [-0.39, 0.29) is 12.0 Å². The third-order valence-corrected chi connectivity index (χ3v) is 4.16. The van der Waals surface area contributed by atoms with Crippen molar-refractivity contribution in [3.05, 3.63) is 56.2 Å². The zero-order valence-electron chi connectivity index (χ0n) is 8.66. The van der Waals surface area contributed by atoms with Gasteiger partial charge in [0.15, 0.2) is 11.6 Å². The molecule has 17 heavy (non-hydrogen) atoms. The smallest absolute Gasteiger partial charge is 0.162 e. The highest BCUT2D eigenvalue weighted by atomic mass is 79.9. The number of hydrogen-bond acceptors (Lipinski definition) is 2. The van der Waals surface area contributed by atoms with Crippen LogP contribution in [0.1, 0.15) is 16.5 Å². The number of aliphatic hydroxyl groups excluding tert-OH is 1. The van der Waals surface area contributed by atoms with E-state index in [1.54, 1.807) is 6.07 Å². The molecule has 1 aromatic heterocycles. The Morgan fingerprint density at radius 1 is 1.35 bits per heavy atom. The van der Waals surface area contributed by atoms with Gasteiger partial charge in [-0.05, 0) is 33.6 Å². The second-order valence-electron chi connectivity index (χ2n) is 3.60. The zero-order chi connectivity index (χ0) is 12.4. The Morgan fingerprint density at radius 2 is 2.12 bits per heavy atom. The summed E-state index contributed by atoms with van der Waals surface area (Å²) in [6, 6.07) is 5.74. The van der Waals surface area contributed by atoms with Crippen molar-refractivity contribution >= 4 is 27.3 Å². The van der Waals surface area contributed by atoms with Crippen molar-refractivity contribution in [2.24, 2.45) is 0 Å². The number of aliphatic hydroxyl groups is 1. The molecule has 0 aliphatic heterocycles. The molecule has 0 aliphatic rings. The normalized spacial score (nSPS) is 12.7. The molecule has 1 heterocycles. The predicted octanol–water partition coefficient (Wildman–Crippen LogP) is 4.06. The van der Waals surface area contributed by atoms with E-state index in [0.29, 0.717) is 0 Å². The lowest BCUT2D eigenvalue weighted by atomic mass is 10.1. The summed E-state index contributed by atoms with van der Waals surface area (Å²) in [4.78, 5) is 0.723. The van der Waals surface area contributed by atoms with Crippen LogP contribution in [0, 0.1) is 11.6 Å². The lowest BCUT2D eigenvalue weighted by Gasteiger charge is -2.09. The summed E-state index contributed by atoms with van der Waals surface area (Å²) in [5, 5.41) is 11.7. The van der Waals surface area contributed by atoms with E-state index in [1.165, 1.54) is 23.5 Å². The highest BCUT2D eigenvalue weighted by molar-refractivity contribution is 9.10. The van der Waals surface area contributed by atoms with Gasteiger partial charge in [-0.2, -0.15) is 0 Å². The summed E-state index contributed by atoms with van der Waals surface area (Å²) >= 11 is 4.65. The van der Waals surface area contributed by atoms with Gasteiger partial charge in [0.05, 0.1) is 6.10 Å². The van der Waals surface area contributed by atoms with E-state index in [9.17, 15) is 13.9 Å². The molecular formula is C12H9BrF2OS. The second kappa shape index (κ2) is 5.25. The first kappa shape index (κ1) is 12.7. The molecular weight excluding hydrogens is 310 g/mol. The van der Waals surface area contributed by atoms with Crippen molar-refractivity contribution in [1.29, 1.82) is 0 Å². The van der Waals surface area contributed by atoms with E-state index >= 15 is 0 Å². The molecule has 1 atom stereocenters. The van der Waals surface area contributed by atoms with Crippen LogP contribution >= 0.6 is 27.3 Å². The lowest BCUT2D eigenvalue weighted by Crippen LogP contribution is -2.03. The molecule has 2 rings (SSSR count). The minimum atomic E-state index is -0.887. The van der Waals surface area contributed by atoms with E-state index in [1.807, 2.05) is 5.38 Å². The van der Waals surface area contributed by atoms with Gasteiger partial charge >= 0.3 is 0 Å². The van der Waals surface area contributed by atoms with Gasteiger partial charge in [0.2, 0.25) is 0 Å². The average Bonchev–Trinajstić information content (AvgIpc) is 2.72. The van der Waals surface area contributed by atoms with Crippen LogP contribution in [0.5, 0.6) is 0 Å². The second-order valence-corrected chi connectivity index (χ2v) is 5.46. The Balaban J connectivity index is 2.18. The van der Waals surface area contributed by atoms with Crippen molar-refractivity contribution < 1.29 is 13.9 Å². The van der Waals surface area contributed by atoms with Gasteiger partial charge in [0.1, 0.15) is 0 Å². The molecule has 0 saturated heterocycles. The summed E-state index contributed by atoms with van der Waals surface area (Å²) < 4.78 is 27.2. The third kappa shape index (κ3) is 2.91. The zero-order valence-corrected chi connectivity index (χ0v) is 11.1. The maximum absolute atomic E-state index is 13.4. The van der Waals surface area contributed by atoms with E-state index in [0.717, 1.165) is 15.4 Å². The number of hydrogen-bond donors (Lipinski definition) is 1. The van der Waals surface area contributed by atoms with Crippen LogP contribution in [0.2, 0.25) is 0 Å². The van der Waals surface area contributed by atoms with Gasteiger partial charge in [0.25, 0.3) is 0 Å². The Morgan fingerprint density at radius 3 is 2.76 bits per heavy atom. The molecule has 1 N–H and O–H groups in total. The van der Waals surface area contributed by atoms with Crippen molar-refractivity contribution in [2.45, 2.75) is 12.5 Å². The van der Waals surface area contributed by atoms with Crippen molar-refractivity contribution in [1.82, 2.24) is 0 Å². The molecule has 5 heteroatoms. The minimum Gasteiger partial charge on any atom is -0.387 e. The fourth-order valence-electron chi connectivity index (χ4n) is 1.52. The van der Waals surface area contributed by atoms with E-state index in [2.05, 4.69) is 15.9 Å².